The monoisotopic (exact) mass is 233 g/mol. The smallest absolute Gasteiger partial charge is 0.226 e. The van der Waals surface area contributed by atoms with Crippen molar-refractivity contribution in [1.82, 2.24) is 10.3 Å². The maximum Gasteiger partial charge on any atom is 0.226 e. The minimum absolute atomic E-state index is 0.0568. The molecule has 0 bridgehead atoms. The second-order valence-electron chi connectivity index (χ2n) is 4.94. The van der Waals surface area contributed by atoms with Crippen LogP contribution < -0.4 is 11.1 Å². The van der Waals surface area contributed by atoms with Gasteiger partial charge in [-0.2, -0.15) is 0 Å². The number of hydrogen-bond donors (Lipinski definition) is 2. The molecule has 0 aliphatic heterocycles. The summed E-state index contributed by atoms with van der Waals surface area (Å²) < 4.78 is 0. The zero-order valence-electron chi connectivity index (χ0n) is 10.1. The predicted molar refractivity (Wildman–Crippen MR) is 67.3 cm³/mol. The van der Waals surface area contributed by atoms with Crippen LogP contribution in [-0.2, 0) is 11.2 Å². The van der Waals surface area contributed by atoms with Crippen LogP contribution in [0.25, 0.3) is 0 Å². The molecule has 0 spiro atoms. The third-order valence-electron chi connectivity index (χ3n) is 3.25. The normalized spacial score (nSPS) is 23.6. The summed E-state index contributed by atoms with van der Waals surface area (Å²) in [6.45, 7) is 2.23. The van der Waals surface area contributed by atoms with Gasteiger partial charge in [0.05, 0.1) is 18.3 Å². The number of hydrogen-bond acceptors (Lipinski definition) is 3. The Balaban J connectivity index is 1.83. The molecule has 0 radical (unpaired) electrons. The molecule has 1 aromatic rings. The predicted octanol–water partition coefficient (Wildman–Crippen LogP) is 1.51. The van der Waals surface area contributed by atoms with Gasteiger partial charge in [0, 0.05) is 11.7 Å². The van der Waals surface area contributed by atoms with Gasteiger partial charge in [-0.25, -0.2) is 0 Å². The van der Waals surface area contributed by atoms with Gasteiger partial charge in [-0.3, -0.25) is 9.78 Å². The van der Waals surface area contributed by atoms with Crippen molar-refractivity contribution in [2.45, 2.75) is 38.6 Å². The van der Waals surface area contributed by atoms with Gasteiger partial charge in [0.2, 0.25) is 5.91 Å². The fraction of sp³-hybridized carbons (Fsp3) is 0.538. The quantitative estimate of drug-likeness (QED) is 0.831. The van der Waals surface area contributed by atoms with Crippen LogP contribution in [0.1, 0.15) is 31.9 Å². The van der Waals surface area contributed by atoms with E-state index in [9.17, 15) is 4.79 Å². The van der Waals surface area contributed by atoms with Crippen LogP contribution in [0, 0.1) is 5.92 Å². The van der Waals surface area contributed by atoms with E-state index in [0.29, 0.717) is 18.2 Å². The lowest BCUT2D eigenvalue weighted by Gasteiger charge is -2.12. The molecular formula is C13H19N3O. The van der Waals surface area contributed by atoms with Crippen LogP contribution in [0.5, 0.6) is 0 Å². The third-order valence-corrected chi connectivity index (χ3v) is 3.25. The van der Waals surface area contributed by atoms with Crippen molar-refractivity contribution in [2.75, 3.05) is 5.73 Å². The van der Waals surface area contributed by atoms with Gasteiger partial charge >= 0.3 is 0 Å². The molecule has 17 heavy (non-hydrogen) atoms. The van der Waals surface area contributed by atoms with E-state index in [1.165, 1.54) is 6.42 Å². The molecule has 1 aromatic heterocycles. The summed E-state index contributed by atoms with van der Waals surface area (Å²) in [6.07, 6.45) is 5.33. The third kappa shape index (κ3) is 3.44. The van der Waals surface area contributed by atoms with E-state index in [-0.39, 0.29) is 5.91 Å². The fourth-order valence-electron chi connectivity index (χ4n) is 2.32. The molecule has 2 rings (SSSR count). The van der Waals surface area contributed by atoms with Crippen molar-refractivity contribution >= 4 is 11.6 Å². The topological polar surface area (TPSA) is 68.0 Å². The highest BCUT2D eigenvalue weighted by Gasteiger charge is 2.22. The number of anilines is 1. The summed E-state index contributed by atoms with van der Waals surface area (Å²) in [6, 6.07) is 3.92. The Hall–Kier alpha value is -1.58. The molecule has 1 saturated carbocycles. The first-order valence-corrected chi connectivity index (χ1v) is 6.13. The van der Waals surface area contributed by atoms with Crippen LogP contribution >= 0.6 is 0 Å². The Labute approximate surface area is 102 Å². The maximum atomic E-state index is 11.8. The Morgan fingerprint density at radius 3 is 2.94 bits per heavy atom. The van der Waals surface area contributed by atoms with E-state index in [0.717, 1.165) is 24.5 Å². The van der Waals surface area contributed by atoms with Crippen LogP contribution in [0.4, 0.5) is 5.69 Å². The molecule has 4 nitrogen and oxygen atoms in total. The highest BCUT2D eigenvalue weighted by molar-refractivity contribution is 5.78. The summed E-state index contributed by atoms with van der Waals surface area (Å²) in [5.41, 5.74) is 6.93. The SMILES string of the molecule is CC1CCC(NC(=O)Cc2ccc(N)cn2)C1. The highest BCUT2D eigenvalue weighted by Crippen LogP contribution is 2.24. The van der Waals surface area contributed by atoms with Gasteiger partial charge in [0.15, 0.2) is 0 Å². The number of carbonyl (C=O) groups excluding carboxylic acids is 1. The molecule has 4 heteroatoms. The zero-order valence-corrected chi connectivity index (χ0v) is 10.1. The van der Waals surface area contributed by atoms with Crippen molar-refractivity contribution < 1.29 is 4.79 Å². The average molecular weight is 233 g/mol. The molecule has 3 N–H and O–H groups in total. The fourth-order valence-corrected chi connectivity index (χ4v) is 2.32. The Morgan fingerprint density at radius 1 is 1.53 bits per heavy atom. The molecule has 2 unspecified atom stereocenters. The van der Waals surface area contributed by atoms with E-state index in [4.69, 9.17) is 5.73 Å². The second-order valence-corrected chi connectivity index (χ2v) is 4.94. The van der Waals surface area contributed by atoms with Crippen LogP contribution in [0.15, 0.2) is 18.3 Å². The second kappa shape index (κ2) is 5.17. The van der Waals surface area contributed by atoms with Crippen molar-refractivity contribution in [3.05, 3.63) is 24.0 Å². The summed E-state index contributed by atoms with van der Waals surface area (Å²) >= 11 is 0. The van der Waals surface area contributed by atoms with E-state index in [2.05, 4.69) is 17.2 Å². The van der Waals surface area contributed by atoms with Gasteiger partial charge in [-0.15, -0.1) is 0 Å². The molecule has 92 valence electrons. The van der Waals surface area contributed by atoms with Crippen LogP contribution in [0.2, 0.25) is 0 Å². The lowest BCUT2D eigenvalue weighted by atomic mass is 10.1. The van der Waals surface area contributed by atoms with Gasteiger partial charge in [-0.05, 0) is 37.3 Å². The van der Waals surface area contributed by atoms with Gasteiger partial charge in [0.1, 0.15) is 0 Å². The lowest BCUT2D eigenvalue weighted by Crippen LogP contribution is -2.34. The van der Waals surface area contributed by atoms with Crippen molar-refractivity contribution in [1.29, 1.82) is 0 Å². The number of nitrogens with one attached hydrogen (secondary N) is 1. The average Bonchev–Trinajstić information content (AvgIpc) is 2.67. The maximum absolute atomic E-state index is 11.8. The summed E-state index contributed by atoms with van der Waals surface area (Å²) in [5, 5.41) is 3.06. The minimum Gasteiger partial charge on any atom is -0.397 e. The van der Waals surface area contributed by atoms with Gasteiger partial charge < -0.3 is 11.1 Å². The molecule has 1 heterocycles. The zero-order chi connectivity index (χ0) is 12.3. The Kier molecular flexibility index (Phi) is 3.61. The Bertz CT molecular complexity index is 388. The summed E-state index contributed by atoms with van der Waals surface area (Å²) in [4.78, 5) is 15.9. The molecule has 1 amide bonds. The van der Waals surface area contributed by atoms with Crippen LogP contribution in [0.3, 0.4) is 0 Å². The minimum atomic E-state index is 0.0568. The van der Waals surface area contributed by atoms with E-state index in [1.54, 1.807) is 18.3 Å². The number of pyridine rings is 1. The molecular weight excluding hydrogens is 214 g/mol. The van der Waals surface area contributed by atoms with Crippen LogP contribution in [-0.4, -0.2) is 16.9 Å². The first-order valence-electron chi connectivity index (χ1n) is 6.13. The number of aromatic nitrogens is 1. The number of carbonyl (C=O) groups is 1. The van der Waals surface area contributed by atoms with Gasteiger partial charge in [-0.1, -0.05) is 6.92 Å². The number of nitrogens with two attached hydrogens (primary N) is 1. The Morgan fingerprint density at radius 2 is 2.35 bits per heavy atom. The summed E-state index contributed by atoms with van der Waals surface area (Å²) in [5.74, 6) is 0.788. The molecule has 0 aromatic carbocycles. The molecule has 1 aliphatic rings. The standard InChI is InChI=1S/C13H19N3O/c1-9-2-4-12(6-9)16-13(17)7-11-5-3-10(14)8-15-11/h3,5,8-9,12H,2,4,6-7,14H2,1H3,(H,16,17). The number of nitrogen functional groups attached to an aromatic ring is 1. The first-order chi connectivity index (χ1) is 8.13. The van der Waals surface area contributed by atoms with E-state index >= 15 is 0 Å². The first kappa shape index (κ1) is 11.9. The number of rotatable bonds is 3. The van der Waals surface area contributed by atoms with Crippen molar-refractivity contribution in [3.63, 3.8) is 0 Å². The molecule has 2 atom stereocenters. The molecule has 1 aliphatic carbocycles. The van der Waals surface area contributed by atoms with Gasteiger partial charge in [0.25, 0.3) is 0 Å². The van der Waals surface area contributed by atoms with E-state index in [1.807, 2.05) is 0 Å². The summed E-state index contributed by atoms with van der Waals surface area (Å²) in [7, 11) is 0. The van der Waals surface area contributed by atoms with Crippen molar-refractivity contribution in [2.24, 2.45) is 5.92 Å². The molecule has 0 saturated heterocycles. The van der Waals surface area contributed by atoms with Crippen molar-refractivity contribution in [3.8, 4) is 0 Å². The lowest BCUT2D eigenvalue weighted by molar-refractivity contribution is -0.121. The van der Waals surface area contributed by atoms with E-state index < -0.39 is 0 Å². The number of nitrogens with zero attached hydrogens (tertiary/aromatic N) is 1. The number of amides is 1. The largest absolute Gasteiger partial charge is 0.397 e. The highest BCUT2D eigenvalue weighted by atomic mass is 16.1. The molecule has 1 fully saturated rings.